The van der Waals surface area contributed by atoms with Crippen LogP contribution >= 0.6 is 11.8 Å². The molecular weight excluding hydrogens is 286 g/mol. The zero-order valence-corrected chi connectivity index (χ0v) is 12.0. The first-order chi connectivity index (χ1) is 10.2. The van der Waals surface area contributed by atoms with Crippen LogP contribution in [0.3, 0.4) is 0 Å². The van der Waals surface area contributed by atoms with Gasteiger partial charge < -0.3 is 9.88 Å². The van der Waals surface area contributed by atoms with Gasteiger partial charge in [0.1, 0.15) is 18.7 Å². The Kier molecular flexibility index (Phi) is 4.60. The lowest BCUT2D eigenvalue weighted by atomic mass is 10.3. The Morgan fingerprint density at radius 2 is 2.24 bits per heavy atom. The van der Waals surface area contributed by atoms with Crippen LogP contribution in [0.1, 0.15) is 11.4 Å². The fourth-order valence-corrected chi connectivity index (χ4v) is 2.22. The van der Waals surface area contributed by atoms with E-state index in [1.54, 1.807) is 17.8 Å². The molecule has 0 aliphatic rings. The second kappa shape index (κ2) is 6.60. The van der Waals surface area contributed by atoms with Crippen molar-refractivity contribution in [3.63, 3.8) is 0 Å². The van der Waals surface area contributed by atoms with Crippen LogP contribution in [0.4, 0.5) is 5.69 Å². The minimum Gasteiger partial charge on any atom is -0.324 e. The number of nitrogens with zero attached hydrogens (tertiary/aromatic N) is 4. The first-order valence-electron chi connectivity index (χ1n) is 5.97. The summed E-state index contributed by atoms with van der Waals surface area (Å²) in [5.74, 6) is -0.286. The second-order valence-electron chi connectivity index (χ2n) is 4.07. The number of imidazole rings is 1. The number of anilines is 1. The monoisotopic (exact) mass is 297 g/mol. The highest BCUT2D eigenvalue weighted by molar-refractivity contribution is 7.98. The number of benzene rings is 1. The topological polar surface area (TPSA) is 94.5 Å². The maximum Gasteiger partial charge on any atom is 0.244 e. The van der Waals surface area contributed by atoms with E-state index in [2.05, 4.69) is 10.3 Å². The molecule has 21 heavy (non-hydrogen) atoms. The number of hydrogen-bond donors (Lipinski definition) is 1. The van der Waals surface area contributed by atoms with Gasteiger partial charge in [-0.1, -0.05) is 6.07 Å². The first kappa shape index (κ1) is 14.6. The van der Waals surface area contributed by atoms with Crippen molar-refractivity contribution < 1.29 is 4.79 Å². The maximum absolute atomic E-state index is 12.0. The van der Waals surface area contributed by atoms with Crippen molar-refractivity contribution in [2.75, 3.05) is 11.6 Å². The summed E-state index contributed by atoms with van der Waals surface area (Å²) in [6.45, 7) is -0.0684. The number of nitriles is 2. The number of carbonyl (C=O) groups is 1. The molecule has 6 nitrogen and oxygen atoms in total. The number of rotatable bonds is 4. The molecule has 7 heteroatoms. The third kappa shape index (κ3) is 3.41. The van der Waals surface area contributed by atoms with Crippen molar-refractivity contribution in [2.45, 2.75) is 11.4 Å². The molecular formula is C14H11N5OS. The summed E-state index contributed by atoms with van der Waals surface area (Å²) in [6, 6.07) is 11.1. The quantitative estimate of drug-likeness (QED) is 0.871. The van der Waals surface area contributed by atoms with Crippen LogP contribution in [0.15, 0.2) is 35.5 Å². The third-order valence-electron chi connectivity index (χ3n) is 2.72. The maximum atomic E-state index is 12.0. The van der Waals surface area contributed by atoms with Gasteiger partial charge in [-0.15, -0.1) is 11.8 Å². The Morgan fingerprint density at radius 1 is 1.43 bits per heavy atom. The van der Waals surface area contributed by atoms with Gasteiger partial charge in [-0.2, -0.15) is 10.5 Å². The van der Waals surface area contributed by atoms with Gasteiger partial charge in [0.25, 0.3) is 0 Å². The normalized spacial score (nSPS) is 9.67. The Morgan fingerprint density at radius 3 is 2.90 bits per heavy atom. The SMILES string of the molecule is CSc1cccc(NC(=O)Cn2cnc(C#N)c2C#N)c1. The molecule has 0 saturated carbocycles. The molecule has 1 aromatic carbocycles. The summed E-state index contributed by atoms with van der Waals surface area (Å²) in [7, 11) is 0. The van der Waals surface area contributed by atoms with Crippen molar-refractivity contribution in [1.82, 2.24) is 9.55 Å². The van der Waals surface area contributed by atoms with Crippen molar-refractivity contribution in [2.24, 2.45) is 0 Å². The van der Waals surface area contributed by atoms with E-state index < -0.39 is 0 Å². The number of carbonyl (C=O) groups excluding carboxylic acids is 1. The van der Waals surface area contributed by atoms with Crippen LogP contribution < -0.4 is 5.32 Å². The van der Waals surface area contributed by atoms with Crippen molar-refractivity contribution >= 4 is 23.4 Å². The molecule has 0 spiro atoms. The Hall–Kier alpha value is -2.77. The average Bonchev–Trinajstić information content (AvgIpc) is 2.88. The van der Waals surface area contributed by atoms with Crippen molar-refractivity contribution in [3.05, 3.63) is 42.0 Å². The van der Waals surface area contributed by atoms with E-state index in [4.69, 9.17) is 10.5 Å². The summed E-state index contributed by atoms with van der Waals surface area (Å²) in [4.78, 5) is 16.8. The van der Waals surface area contributed by atoms with Gasteiger partial charge in [0.2, 0.25) is 5.91 Å². The lowest BCUT2D eigenvalue weighted by Crippen LogP contribution is -2.19. The Balaban J connectivity index is 2.10. The van der Waals surface area contributed by atoms with Crippen molar-refractivity contribution in [1.29, 1.82) is 10.5 Å². The predicted octanol–water partition coefficient (Wildman–Crippen LogP) is 1.99. The molecule has 0 saturated heterocycles. The highest BCUT2D eigenvalue weighted by atomic mass is 32.2. The molecule has 0 aliphatic carbocycles. The van der Waals surface area contributed by atoms with Gasteiger partial charge in [-0.3, -0.25) is 4.79 Å². The highest BCUT2D eigenvalue weighted by Gasteiger charge is 2.12. The minimum atomic E-state index is -0.286. The molecule has 0 radical (unpaired) electrons. The van der Waals surface area contributed by atoms with Gasteiger partial charge >= 0.3 is 0 Å². The summed E-state index contributed by atoms with van der Waals surface area (Å²) >= 11 is 1.58. The summed E-state index contributed by atoms with van der Waals surface area (Å²) < 4.78 is 1.35. The highest BCUT2D eigenvalue weighted by Crippen LogP contribution is 2.19. The second-order valence-corrected chi connectivity index (χ2v) is 4.95. The molecule has 0 atom stereocenters. The van der Waals surface area contributed by atoms with Crippen LogP contribution in [0, 0.1) is 22.7 Å². The number of hydrogen-bond acceptors (Lipinski definition) is 5. The molecule has 104 valence electrons. The number of aromatic nitrogens is 2. The summed E-state index contributed by atoms with van der Waals surface area (Å²) in [5.41, 5.74) is 0.797. The molecule has 0 aliphatic heterocycles. The molecule has 0 unspecified atom stereocenters. The van der Waals surface area contributed by atoms with Crippen LogP contribution in [0.5, 0.6) is 0 Å². The van der Waals surface area contributed by atoms with Gasteiger partial charge in [-0.25, -0.2) is 4.98 Å². The Labute approximate surface area is 126 Å². The smallest absolute Gasteiger partial charge is 0.244 e. The first-order valence-corrected chi connectivity index (χ1v) is 7.19. The van der Waals surface area contributed by atoms with Crippen LogP contribution in [0.2, 0.25) is 0 Å². The fraction of sp³-hybridized carbons (Fsp3) is 0.143. The van der Waals surface area contributed by atoms with E-state index >= 15 is 0 Å². The number of nitrogens with one attached hydrogen (secondary N) is 1. The molecule has 1 N–H and O–H groups in total. The molecule has 2 rings (SSSR count). The predicted molar refractivity (Wildman–Crippen MR) is 78.5 cm³/mol. The third-order valence-corrected chi connectivity index (χ3v) is 3.44. The molecule has 1 amide bonds. The minimum absolute atomic E-state index is 0.0229. The number of thioether (sulfide) groups is 1. The van der Waals surface area contributed by atoms with Gasteiger partial charge in [0.15, 0.2) is 11.4 Å². The zero-order valence-electron chi connectivity index (χ0n) is 11.2. The molecule has 1 aromatic heterocycles. The molecule has 1 heterocycles. The summed E-state index contributed by atoms with van der Waals surface area (Å²) in [5, 5.41) is 20.6. The zero-order chi connectivity index (χ0) is 15.2. The fourth-order valence-electron chi connectivity index (χ4n) is 1.76. The standard InChI is InChI=1S/C14H11N5OS/c1-21-11-4-2-3-10(5-11)18-14(20)8-19-9-17-12(6-15)13(19)7-16/h2-5,9H,8H2,1H3,(H,18,20). The van der Waals surface area contributed by atoms with Gasteiger partial charge in [0.05, 0.1) is 6.33 Å². The lowest BCUT2D eigenvalue weighted by molar-refractivity contribution is -0.116. The van der Waals surface area contributed by atoms with E-state index in [9.17, 15) is 4.79 Å². The van der Waals surface area contributed by atoms with Crippen LogP contribution in [-0.4, -0.2) is 21.7 Å². The number of amides is 1. The van der Waals surface area contributed by atoms with E-state index in [1.165, 1.54) is 10.9 Å². The van der Waals surface area contributed by atoms with Crippen LogP contribution in [-0.2, 0) is 11.3 Å². The Bertz CT molecular complexity index is 753. The van der Waals surface area contributed by atoms with E-state index in [0.29, 0.717) is 5.69 Å². The largest absolute Gasteiger partial charge is 0.324 e. The van der Waals surface area contributed by atoms with E-state index in [-0.39, 0.29) is 23.8 Å². The van der Waals surface area contributed by atoms with E-state index in [1.807, 2.05) is 36.6 Å². The molecule has 2 aromatic rings. The van der Waals surface area contributed by atoms with Gasteiger partial charge in [0, 0.05) is 10.6 Å². The summed E-state index contributed by atoms with van der Waals surface area (Å²) in [6.07, 6.45) is 3.27. The lowest BCUT2D eigenvalue weighted by Gasteiger charge is -2.07. The average molecular weight is 297 g/mol. The van der Waals surface area contributed by atoms with Crippen molar-refractivity contribution in [3.8, 4) is 12.1 Å². The molecule has 0 fully saturated rings. The van der Waals surface area contributed by atoms with Crippen LogP contribution in [0.25, 0.3) is 0 Å². The van der Waals surface area contributed by atoms with E-state index in [0.717, 1.165) is 4.90 Å². The van der Waals surface area contributed by atoms with Gasteiger partial charge in [-0.05, 0) is 24.5 Å². The molecule has 0 bridgehead atoms.